The maximum Gasteiger partial charge on any atom is 0.409 e. The highest BCUT2D eigenvalue weighted by atomic mass is 35.5. The molecule has 1 heterocycles. The van der Waals surface area contributed by atoms with E-state index in [0.29, 0.717) is 37.7 Å². The van der Waals surface area contributed by atoms with Gasteiger partial charge in [-0.15, -0.1) is 0 Å². The molecule has 1 saturated heterocycles. The number of carbonyl (C=O) groups is 2. The summed E-state index contributed by atoms with van der Waals surface area (Å²) in [5, 5.41) is 3.57. The van der Waals surface area contributed by atoms with Gasteiger partial charge >= 0.3 is 6.09 Å². The van der Waals surface area contributed by atoms with Crippen LogP contribution in [0.3, 0.4) is 0 Å². The summed E-state index contributed by atoms with van der Waals surface area (Å²) in [6.07, 6.45) is 0.435. The average Bonchev–Trinajstić information content (AvgIpc) is 2.89. The summed E-state index contributed by atoms with van der Waals surface area (Å²) in [6.45, 7) is 5.96. The van der Waals surface area contributed by atoms with E-state index in [-0.39, 0.29) is 12.0 Å². The molecule has 1 aliphatic rings. The van der Waals surface area contributed by atoms with E-state index in [9.17, 15) is 9.59 Å². The fourth-order valence-corrected chi connectivity index (χ4v) is 2.45. The predicted octanol–water partition coefficient (Wildman–Crippen LogP) is 2.58. The van der Waals surface area contributed by atoms with E-state index in [4.69, 9.17) is 16.3 Å². The minimum atomic E-state index is -0.628. The van der Waals surface area contributed by atoms with Crippen LogP contribution in [0, 0.1) is 0 Å². The van der Waals surface area contributed by atoms with Gasteiger partial charge < -0.3 is 15.0 Å². The van der Waals surface area contributed by atoms with Crippen molar-refractivity contribution in [3.63, 3.8) is 0 Å². The second-order valence-electron chi connectivity index (χ2n) is 5.84. The standard InChI is InChI=1S/C16H21ClN2O3/c1-16(2,12-4-6-13(17)7-5-12)14(20)18-8-3-9-19-10-11-22-15(19)21/h4-7H,3,8-11H2,1-2H3,(H,18,20). The zero-order chi connectivity index (χ0) is 16.2. The molecule has 0 aromatic heterocycles. The van der Waals surface area contributed by atoms with Crippen LogP contribution in [0.1, 0.15) is 25.8 Å². The molecule has 0 bridgehead atoms. The van der Waals surface area contributed by atoms with Gasteiger partial charge in [0.1, 0.15) is 6.61 Å². The minimum absolute atomic E-state index is 0.0428. The molecule has 1 fully saturated rings. The van der Waals surface area contributed by atoms with E-state index >= 15 is 0 Å². The molecule has 0 spiro atoms. The van der Waals surface area contributed by atoms with Crippen LogP contribution in [0.5, 0.6) is 0 Å². The molecule has 5 nitrogen and oxygen atoms in total. The van der Waals surface area contributed by atoms with Crippen LogP contribution in [0.15, 0.2) is 24.3 Å². The SMILES string of the molecule is CC(C)(C(=O)NCCCN1CCOC1=O)c1ccc(Cl)cc1. The first-order valence-electron chi connectivity index (χ1n) is 7.37. The fourth-order valence-electron chi connectivity index (χ4n) is 2.32. The van der Waals surface area contributed by atoms with Crippen LogP contribution in [-0.2, 0) is 14.9 Å². The Bertz CT molecular complexity index is 543. The molecule has 6 heteroatoms. The van der Waals surface area contributed by atoms with Crippen LogP contribution in [-0.4, -0.2) is 43.1 Å². The zero-order valence-electron chi connectivity index (χ0n) is 12.9. The van der Waals surface area contributed by atoms with Gasteiger partial charge in [-0.1, -0.05) is 23.7 Å². The Morgan fingerprint density at radius 3 is 2.64 bits per heavy atom. The molecule has 2 amide bonds. The van der Waals surface area contributed by atoms with Crippen molar-refractivity contribution in [1.29, 1.82) is 0 Å². The summed E-state index contributed by atoms with van der Waals surface area (Å²) >= 11 is 5.87. The van der Waals surface area contributed by atoms with Crippen LogP contribution in [0.4, 0.5) is 4.79 Å². The van der Waals surface area contributed by atoms with Crippen molar-refractivity contribution in [3.8, 4) is 0 Å². The molecule has 1 aliphatic heterocycles. The number of nitrogens with zero attached hydrogens (tertiary/aromatic N) is 1. The van der Waals surface area contributed by atoms with Gasteiger partial charge in [-0.2, -0.15) is 0 Å². The quantitative estimate of drug-likeness (QED) is 0.818. The Morgan fingerprint density at radius 1 is 1.36 bits per heavy atom. The number of hydrogen-bond acceptors (Lipinski definition) is 3. The van der Waals surface area contributed by atoms with Gasteiger partial charge in [-0.3, -0.25) is 4.79 Å². The van der Waals surface area contributed by atoms with Crippen molar-refractivity contribution in [2.24, 2.45) is 0 Å². The summed E-state index contributed by atoms with van der Waals surface area (Å²) in [7, 11) is 0. The van der Waals surface area contributed by atoms with Crippen molar-refractivity contribution in [2.45, 2.75) is 25.7 Å². The normalized spacial score (nSPS) is 14.9. The second-order valence-corrected chi connectivity index (χ2v) is 6.28. The second kappa shape index (κ2) is 7.01. The monoisotopic (exact) mass is 324 g/mol. The third-order valence-electron chi connectivity index (χ3n) is 3.87. The van der Waals surface area contributed by atoms with Gasteiger partial charge in [0.05, 0.1) is 12.0 Å². The maximum atomic E-state index is 12.4. The fraction of sp³-hybridized carbons (Fsp3) is 0.500. The molecular weight excluding hydrogens is 304 g/mol. The number of hydrogen-bond donors (Lipinski definition) is 1. The Kier molecular flexibility index (Phi) is 5.29. The molecule has 1 aromatic carbocycles. The summed E-state index contributed by atoms with van der Waals surface area (Å²) < 4.78 is 4.85. The first-order valence-corrected chi connectivity index (χ1v) is 7.75. The Labute approximate surface area is 135 Å². The van der Waals surface area contributed by atoms with Gasteiger partial charge in [-0.25, -0.2) is 4.79 Å². The Morgan fingerprint density at radius 2 is 2.05 bits per heavy atom. The van der Waals surface area contributed by atoms with E-state index in [2.05, 4.69) is 5.32 Å². The molecule has 1 N–H and O–H groups in total. The average molecular weight is 325 g/mol. The maximum absolute atomic E-state index is 12.4. The van der Waals surface area contributed by atoms with Crippen LogP contribution < -0.4 is 5.32 Å². The van der Waals surface area contributed by atoms with Crippen molar-refractivity contribution in [1.82, 2.24) is 10.2 Å². The van der Waals surface area contributed by atoms with Crippen LogP contribution in [0.25, 0.3) is 0 Å². The highest BCUT2D eigenvalue weighted by Crippen LogP contribution is 2.24. The van der Waals surface area contributed by atoms with Crippen LogP contribution in [0.2, 0.25) is 5.02 Å². The largest absolute Gasteiger partial charge is 0.448 e. The summed E-state index contributed by atoms with van der Waals surface area (Å²) in [6, 6.07) is 7.29. The number of amides is 2. The molecule has 22 heavy (non-hydrogen) atoms. The molecule has 0 saturated carbocycles. The predicted molar refractivity (Wildman–Crippen MR) is 85.0 cm³/mol. The summed E-state index contributed by atoms with van der Waals surface area (Å²) in [4.78, 5) is 25.3. The molecule has 120 valence electrons. The smallest absolute Gasteiger partial charge is 0.409 e. The van der Waals surface area contributed by atoms with E-state index in [1.165, 1.54) is 0 Å². The molecule has 0 aliphatic carbocycles. The molecule has 0 unspecified atom stereocenters. The van der Waals surface area contributed by atoms with Crippen molar-refractivity contribution in [3.05, 3.63) is 34.9 Å². The minimum Gasteiger partial charge on any atom is -0.448 e. The van der Waals surface area contributed by atoms with Gasteiger partial charge in [0, 0.05) is 18.1 Å². The van der Waals surface area contributed by atoms with Crippen LogP contribution >= 0.6 is 11.6 Å². The summed E-state index contributed by atoms with van der Waals surface area (Å²) in [5.74, 6) is -0.0428. The number of carbonyl (C=O) groups excluding carboxylic acids is 2. The van der Waals surface area contributed by atoms with Crippen molar-refractivity contribution < 1.29 is 14.3 Å². The first-order chi connectivity index (χ1) is 10.4. The number of nitrogens with one attached hydrogen (secondary N) is 1. The first kappa shape index (κ1) is 16.6. The lowest BCUT2D eigenvalue weighted by molar-refractivity contribution is -0.125. The number of rotatable bonds is 6. The topological polar surface area (TPSA) is 58.6 Å². The number of benzene rings is 1. The highest BCUT2D eigenvalue weighted by Gasteiger charge is 2.29. The lowest BCUT2D eigenvalue weighted by Crippen LogP contribution is -2.41. The van der Waals surface area contributed by atoms with E-state index in [0.717, 1.165) is 5.56 Å². The zero-order valence-corrected chi connectivity index (χ0v) is 13.7. The third-order valence-corrected chi connectivity index (χ3v) is 4.12. The summed E-state index contributed by atoms with van der Waals surface area (Å²) in [5.41, 5.74) is 0.287. The van der Waals surface area contributed by atoms with E-state index in [1.54, 1.807) is 17.0 Å². The molecular formula is C16H21ClN2O3. The van der Waals surface area contributed by atoms with Gasteiger partial charge in [0.15, 0.2) is 0 Å². The number of ether oxygens (including phenoxy) is 1. The lowest BCUT2D eigenvalue weighted by Gasteiger charge is -2.24. The molecule has 2 rings (SSSR count). The van der Waals surface area contributed by atoms with Gasteiger partial charge in [-0.05, 0) is 38.0 Å². The lowest BCUT2D eigenvalue weighted by atomic mass is 9.84. The number of cyclic esters (lactones) is 1. The number of halogens is 1. The molecule has 0 radical (unpaired) electrons. The van der Waals surface area contributed by atoms with Crippen molar-refractivity contribution in [2.75, 3.05) is 26.2 Å². The molecule has 0 atom stereocenters. The van der Waals surface area contributed by atoms with Crippen molar-refractivity contribution >= 4 is 23.6 Å². The van der Waals surface area contributed by atoms with Gasteiger partial charge in [0.2, 0.25) is 5.91 Å². The van der Waals surface area contributed by atoms with Gasteiger partial charge in [0.25, 0.3) is 0 Å². The Balaban J connectivity index is 1.80. The van der Waals surface area contributed by atoms with E-state index < -0.39 is 5.41 Å². The molecule has 1 aromatic rings. The third kappa shape index (κ3) is 3.91. The Hall–Kier alpha value is -1.75. The highest BCUT2D eigenvalue weighted by molar-refractivity contribution is 6.30. The van der Waals surface area contributed by atoms with E-state index in [1.807, 2.05) is 26.0 Å².